The molecule has 1 atom stereocenters. The summed E-state index contributed by atoms with van der Waals surface area (Å²) in [7, 11) is 0. The van der Waals surface area contributed by atoms with Crippen molar-refractivity contribution < 1.29 is 13.6 Å². The van der Waals surface area contributed by atoms with Gasteiger partial charge in [0.15, 0.2) is 17.3 Å². The first-order valence-electron chi connectivity index (χ1n) is 8.64. The lowest BCUT2D eigenvalue weighted by Gasteiger charge is -2.11. The molecular formula is C18H21ClF2N4O. The second-order valence-corrected chi connectivity index (χ2v) is 6.85. The van der Waals surface area contributed by atoms with Crippen molar-refractivity contribution in [2.75, 3.05) is 6.54 Å². The minimum Gasteiger partial charge on any atom is -0.349 e. The Bertz CT molecular complexity index is 835. The molecule has 5 nitrogen and oxygen atoms in total. The normalized spacial score (nSPS) is 16.7. The van der Waals surface area contributed by atoms with Crippen LogP contribution in [0.4, 0.5) is 8.78 Å². The van der Waals surface area contributed by atoms with Gasteiger partial charge in [0.2, 0.25) is 0 Å². The summed E-state index contributed by atoms with van der Waals surface area (Å²) in [5.41, 5.74) is 8.59. The lowest BCUT2D eigenvalue weighted by molar-refractivity contribution is 0.0944. The van der Waals surface area contributed by atoms with Crippen molar-refractivity contribution in [2.24, 2.45) is 11.7 Å². The average Bonchev–Trinajstić information content (AvgIpc) is 3.23. The maximum absolute atomic E-state index is 13.6. The Labute approximate surface area is 156 Å². The zero-order valence-corrected chi connectivity index (χ0v) is 15.0. The Morgan fingerprint density at radius 3 is 2.77 bits per heavy atom. The summed E-state index contributed by atoms with van der Waals surface area (Å²) in [6, 6.07) is 3.62. The monoisotopic (exact) mass is 382 g/mol. The van der Waals surface area contributed by atoms with Gasteiger partial charge in [0.25, 0.3) is 5.91 Å². The number of amides is 1. The summed E-state index contributed by atoms with van der Waals surface area (Å²) in [6.07, 6.45) is 4.68. The third-order valence-electron chi connectivity index (χ3n) is 5.02. The number of nitrogens with two attached hydrogens (primary N) is 1. The van der Waals surface area contributed by atoms with Crippen LogP contribution in [0.1, 0.15) is 41.0 Å². The first-order chi connectivity index (χ1) is 12.0. The summed E-state index contributed by atoms with van der Waals surface area (Å²) in [6.45, 7) is 0.427. The number of hydrogen-bond donors (Lipinski definition) is 2. The summed E-state index contributed by atoms with van der Waals surface area (Å²) < 4.78 is 28.3. The molecular weight excluding hydrogens is 362 g/mol. The maximum atomic E-state index is 13.6. The number of nitrogens with one attached hydrogen (secondary N) is 1. The fraction of sp³-hybridized carbons (Fsp3) is 0.444. The molecule has 1 fully saturated rings. The van der Waals surface area contributed by atoms with Gasteiger partial charge in [0.1, 0.15) is 0 Å². The molecule has 1 unspecified atom stereocenters. The van der Waals surface area contributed by atoms with Crippen LogP contribution in [0.5, 0.6) is 0 Å². The van der Waals surface area contributed by atoms with Crippen molar-refractivity contribution in [3.8, 4) is 5.69 Å². The van der Waals surface area contributed by atoms with Gasteiger partial charge in [-0.1, -0.05) is 0 Å². The number of nitrogens with zero attached hydrogens (tertiary/aromatic N) is 2. The van der Waals surface area contributed by atoms with Crippen molar-refractivity contribution in [3.63, 3.8) is 0 Å². The molecule has 26 heavy (non-hydrogen) atoms. The second-order valence-electron chi connectivity index (χ2n) is 6.85. The molecule has 0 spiro atoms. The van der Waals surface area contributed by atoms with Crippen LogP contribution >= 0.6 is 12.4 Å². The minimum absolute atomic E-state index is 0. The van der Waals surface area contributed by atoms with Gasteiger partial charge in [-0.2, -0.15) is 5.10 Å². The topological polar surface area (TPSA) is 72.9 Å². The fourth-order valence-electron chi connectivity index (χ4n) is 3.44. The van der Waals surface area contributed by atoms with Crippen LogP contribution < -0.4 is 11.1 Å². The predicted octanol–water partition coefficient (Wildman–Crippen LogP) is 2.53. The highest BCUT2D eigenvalue weighted by molar-refractivity contribution is 5.94. The van der Waals surface area contributed by atoms with Crippen molar-refractivity contribution in [1.82, 2.24) is 15.1 Å². The SMILES string of the molecule is Cl.NC(CNC(=O)c1nn(-c2ccc(F)c(F)c2)c2c1CCC2)C1CC1. The molecule has 2 aromatic rings. The molecule has 140 valence electrons. The molecule has 2 aliphatic rings. The van der Waals surface area contributed by atoms with Gasteiger partial charge in [-0.05, 0) is 50.2 Å². The number of carbonyl (C=O) groups excluding carboxylic acids is 1. The van der Waals surface area contributed by atoms with E-state index in [1.54, 1.807) is 4.68 Å². The number of fused-ring (bicyclic) bond motifs is 1. The highest BCUT2D eigenvalue weighted by Gasteiger charge is 2.30. The van der Waals surface area contributed by atoms with Gasteiger partial charge in [-0.25, -0.2) is 13.5 Å². The molecule has 8 heteroatoms. The van der Waals surface area contributed by atoms with Crippen molar-refractivity contribution in [3.05, 3.63) is 46.8 Å². The lowest BCUT2D eigenvalue weighted by Crippen LogP contribution is -2.39. The van der Waals surface area contributed by atoms with Gasteiger partial charge < -0.3 is 11.1 Å². The Hall–Kier alpha value is -1.99. The van der Waals surface area contributed by atoms with E-state index in [9.17, 15) is 13.6 Å². The van der Waals surface area contributed by atoms with Gasteiger partial charge in [-0.3, -0.25) is 4.79 Å². The molecule has 0 aliphatic heterocycles. The van der Waals surface area contributed by atoms with Gasteiger partial charge in [-0.15, -0.1) is 12.4 Å². The van der Waals surface area contributed by atoms with E-state index in [0.717, 1.165) is 55.5 Å². The lowest BCUT2D eigenvalue weighted by atomic mass is 10.1. The number of rotatable bonds is 5. The van der Waals surface area contributed by atoms with Crippen LogP contribution in [0.15, 0.2) is 18.2 Å². The number of hydrogen-bond acceptors (Lipinski definition) is 3. The van der Waals surface area contributed by atoms with E-state index in [-0.39, 0.29) is 24.4 Å². The van der Waals surface area contributed by atoms with Gasteiger partial charge in [0, 0.05) is 29.9 Å². The minimum atomic E-state index is -0.929. The van der Waals surface area contributed by atoms with E-state index >= 15 is 0 Å². The quantitative estimate of drug-likeness (QED) is 0.834. The van der Waals surface area contributed by atoms with Gasteiger partial charge in [0.05, 0.1) is 5.69 Å². The van der Waals surface area contributed by atoms with E-state index in [1.165, 1.54) is 6.07 Å². The molecule has 1 saturated carbocycles. The summed E-state index contributed by atoms with van der Waals surface area (Å²) in [4.78, 5) is 12.5. The van der Waals surface area contributed by atoms with E-state index in [2.05, 4.69) is 10.4 Å². The largest absolute Gasteiger partial charge is 0.349 e. The third kappa shape index (κ3) is 3.46. The molecule has 1 aromatic carbocycles. The molecule has 0 bridgehead atoms. The van der Waals surface area contributed by atoms with Crippen molar-refractivity contribution in [2.45, 2.75) is 38.1 Å². The van der Waals surface area contributed by atoms with Crippen LogP contribution in [0.2, 0.25) is 0 Å². The number of aromatic nitrogens is 2. The molecule has 0 saturated heterocycles. The number of benzene rings is 1. The van der Waals surface area contributed by atoms with E-state index in [4.69, 9.17) is 5.73 Å². The standard InChI is InChI=1S/C18H20F2N4O.ClH/c19-13-7-6-11(8-14(13)20)24-16-3-1-2-12(16)17(23-24)18(25)22-9-15(21)10-4-5-10;/h6-8,10,15H,1-5,9,21H2,(H,22,25);1H. The maximum Gasteiger partial charge on any atom is 0.272 e. The fourth-order valence-corrected chi connectivity index (χ4v) is 3.44. The summed E-state index contributed by atoms with van der Waals surface area (Å²) >= 11 is 0. The highest BCUT2D eigenvalue weighted by Crippen LogP contribution is 2.31. The molecule has 1 amide bonds. The molecule has 3 N–H and O–H groups in total. The number of halogens is 3. The second kappa shape index (κ2) is 7.32. The number of carbonyl (C=O) groups is 1. The van der Waals surface area contributed by atoms with E-state index in [1.807, 2.05) is 0 Å². The molecule has 2 aliphatic carbocycles. The Balaban J connectivity index is 0.00000196. The van der Waals surface area contributed by atoms with Crippen molar-refractivity contribution >= 4 is 18.3 Å². The van der Waals surface area contributed by atoms with Crippen LogP contribution in [0.25, 0.3) is 5.69 Å². The predicted molar refractivity (Wildman–Crippen MR) is 95.8 cm³/mol. The molecule has 0 radical (unpaired) electrons. The van der Waals surface area contributed by atoms with Gasteiger partial charge >= 0.3 is 0 Å². The van der Waals surface area contributed by atoms with E-state index in [0.29, 0.717) is 23.8 Å². The molecule has 1 heterocycles. The van der Waals surface area contributed by atoms with Crippen LogP contribution in [0.3, 0.4) is 0 Å². The summed E-state index contributed by atoms with van der Waals surface area (Å²) in [5, 5.41) is 7.25. The van der Waals surface area contributed by atoms with Crippen LogP contribution in [-0.4, -0.2) is 28.3 Å². The van der Waals surface area contributed by atoms with Crippen molar-refractivity contribution in [1.29, 1.82) is 0 Å². The van der Waals surface area contributed by atoms with Crippen LogP contribution in [0, 0.1) is 17.6 Å². The Morgan fingerprint density at radius 2 is 2.08 bits per heavy atom. The smallest absolute Gasteiger partial charge is 0.272 e. The average molecular weight is 383 g/mol. The van der Waals surface area contributed by atoms with Crippen LogP contribution in [-0.2, 0) is 12.8 Å². The van der Waals surface area contributed by atoms with E-state index < -0.39 is 11.6 Å². The summed E-state index contributed by atoms with van der Waals surface area (Å²) in [5.74, 6) is -1.58. The first kappa shape index (κ1) is 18.8. The zero-order valence-electron chi connectivity index (χ0n) is 14.2. The molecule has 4 rings (SSSR count). The first-order valence-corrected chi connectivity index (χ1v) is 8.64. The highest BCUT2D eigenvalue weighted by atomic mass is 35.5. The third-order valence-corrected chi connectivity index (χ3v) is 5.02. The Morgan fingerprint density at radius 1 is 1.31 bits per heavy atom. The Kier molecular flexibility index (Phi) is 5.29. The molecule has 1 aromatic heterocycles. The zero-order chi connectivity index (χ0) is 17.6.